The molecule has 14 nitrogen and oxygen atoms in total. The Kier molecular flexibility index (Phi) is 19.0. The molecule has 4 rings (SSSR count). The van der Waals surface area contributed by atoms with Crippen molar-refractivity contribution in [2.75, 3.05) is 36.4 Å². The third kappa shape index (κ3) is 19.3. The highest BCUT2D eigenvalue weighted by molar-refractivity contribution is 8.77. The smallest absolute Gasteiger partial charge is 0.235 e. The van der Waals surface area contributed by atoms with Crippen molar-refractivity contribution in [3.8, 4) is 0 Å². The maximum Gasteiger partial charge on any atom is 0.235 e. The van der Waals surface area contributed by atoms with Gasteiger partial charge in [-0.2, -0.15) is 0 Å². The molecule has 0 saturated carbocycles. The van der Waals surface area contributed by atoms with Crippen molar-refractivity contribution in [2.45, 2.75) is 0 Å². The zero-order valence-electron chi connectivity index (χ0n) is 28.6. The average molecular weight is 791 g/mol. The first kappa shape index (κ1) is 43.8. The number of hydrogen-bond donors (Lipinski definition) is 2. The van der Waals surface area contributed by atoms with E-state index in [1.54, 1.807) is 0 Å². The molecule has 0 aliphatic rings. The Morgan fingerprint density at radius 2 is 0.942 bits per heavy atom. The second kappa shape index (κ2) is 22.5. The molecule has 2 aromatic carbocycles. The van der Waals surface area contributed by atoms with Crippen molar-refractivity contribution in [3.63, 3.8) is 0 Å². The van der Waals surface area contributed by atoms with E-state index >= 15 is 0 Å². The average Bonchev–Trinajstić information content (AvgIpc) is 3.11. The molecule has 2 heterocycles. The summed E-state index contributed by atoms with van der Waals surface area (Å²) in [5, 5.41) is 5.80. The van der Waals surface area contributed by atoms with Crippen LogP contribution in [0.3, 0.4) is 0 Å². The molecular formula is C34H38N4O10S4. The monoisotopic (exact) mass is 790 g/mol. The van der Waals surface area contributed by atoms with Crippen LogP contribution in [0.4, 0.5) is 11.4 Å². The predicted octanol–water partition coefficient (Wildman–Crippen LogP) is 3.82. The summed E-state index contributed by atoms with van der Waals surface area (Å²) in [6.07, 6.45) is 12.2. The van der Waals surface area contributed by atoms with Crippen LogP contribution in [0.25, 0.3) is 24.3 Å². The molecule has 0 saturated heterocycles. The summed E-state index contributed by atoms with van der Waals surface area (Å²) >= 11 is 0. The van der Waals surface area contributed by atoms with Crippen LogP contribution in [0.2, 0.25) is 0 Å². The Bertz CT molecular complexity index is 1880. The van der Waals surface area contributed by atoms with E-state index in [-0.39, 0.29) is 23.3 Å². The van der Waals surface area contributed by atoms with Crippen molar-refractivity contribution in [2.24, 2.45) is 14.1 Å². The largest absolute Gasteiger partial charge is 0.726 e. The number of nitrogens with zero attached hydrogens (tertiary/aromatic N) is 2. The van der Waals surface area contributed by atoms with Gasteiger partial charge in [-0.1, -0.05) is 45.9 Å². The van der Waals surface area contributed by atoms with Crippen molar-refractivity contribution < 1.29 is 53.0 Å². The van der Waals surface area contributed by atoms with Gasteiger partial charge in [0.15, 0.2) is 12.4 Å². The van der Waals surface area contributed by atoms with E-state index in [0.29, 0.717) is 0 Å². The third-order valence-electron chi connectivity index (χ3n) is 6.34. The molecule has 2 amide bonds. The number of amides is 2. The van der Waals surface area contributed by atoms with Gasteiger partial charge >= 0.3 is 0 Å². The van der Waals surface area contributed by atoms with Crippen LogP contribution in [0, 0.1) is 0 Å². The van der Waals surface area contributed by atoms with Crippen molar-refractivity contribution in [1.29, 1.82) is 0 Å². The minimum Gasteiger partial charge on any atom is -0.726 e. The van der Waals surface area contributed by atoms with Crippen LogP contribution in [-0.4, -0.2) is 63.5 Å². The van der Waals surface area contributed by atoms with Gasteiger partial charge in [0.25, 0.3) is 0 Å². The molecule has 0 fully saturated rings. The lowest BCUT2D eigenvalue weighted by atomic mass is 10.1. The summed E-state index contributed by atoms with van der Waals surface area (Å²) in [6, 6.07) is 27.5. The summed E-state index contributed by atoms with van der Waals surface area (Å²) in [6.45, 7) is 0. The van der Waals surface area contributed by atoms with Gasteiger partial charge in [-0.05, 0) is 59.7 Å². The van der Waals surface area contributed by atoms with E-state index in [0.717, 1.165) is 48.1 Å². The second-order valence-electron chi connectivity index (χ2n) is 10.2. The lowest BCUT2D eigenvalue weighted by Crippen LogP contribution is -2.30. The Labute approximate surface area is 311 Å². The van der Waals surface area contributed by atoms with E-state index in [1.165, 1.54) is 21.6 Å². The number of hydrogen-bond acceptors (Lipinski definition) is 12. The number of rotatable bonds is 13. The maximum absolute atomic E-state index is 12.3. The van der Waals surface area contributed by atoms with Crippen LogP contribution < -0.4 is 19.8 Å². The molecule has 4 aromatic rings. The summed E-state index contributed by atoms with van der Waals surface area (Å²) in [5.74, 6) is 0.296. The summed E-state index contributed by atoms with van der Waals surface area (Å²) in [4.78, 5) is 24.6. The van der Waals surface area contributed by atoms with E-state index in [4.69, 9.17) is 0 Å². The minimum atomic E-state index is -4.41. The molecule has 0 unspecified atom stereocenters. The normalized spacial score (nSPS) is 11.3. The summed E-state index contributed by atoms with van der Waals surface area (Å²) in [5.41, 5.74) is 5.78. The van der Waals surface area contributed by atoms with Crippen LogP contribution >= 0.6 is 21.6 Å². The van der Waals surface area contributed by atoms with Crippen molar-refractivity contribution in [1.82, 2.24) is 0 Å². The first-order valence-corrected chi connectivity index (χ1v) is 20.1. The van der Waals surface area contributed by atoms with Gasteiger partial charge in [0.05, 0.1) is 25.7 Å². The Morgan fingerprint density at radius 3 is 1.23 bits per heavy atom. The standard InChI is InChI=1S/C32H30N4O2S2.2CH4O4S/c1-35-21-5-3-7-29(35)19-13-25-9-15-27(16-10-25)33-31(37)23-39-40-24-32(38)34-28-17-11-26(12-18-28)14-20-30-8-4-6-22-36(30)2;2*1-5-6(2,3)4/h3-22H,23-24H2,1-2H3;2*1H3,(H,2,3,4). The van der Waals surface area contributed by atoms with Crippen LogP contribution in [0.15, 0.2) is 97.3 Å². The van der Waals surface area contributed by atoms with Gasteiger partial charge in [0.2, 0.25) is 44.0 Å². The van der Waals surface area contributed by atoms with Crippen LogP contribution in [-0.2, 0) is 52.8 Å². The lowest BCUT2D eigenvalue weighted by molar-refractivity contribution is -0.673. The fourth-order valence-electron chi connectivity index (χ4n) is 3.72. The SMILES string of the molecule is COS(=O)(=O)[O-].COS(=O)(=O)[O-].C[n+]1ccccc1/C=C/c1ccc(NC(=O)CSSCC(=O)Nc2ccc(/C=C/c3cccc[n+]3C)cc2)cc1. The number of pyridine rings is 2. The number of nitrogens with one attached hydrogen (secondary N) is 2. The van der Waals surface area contributed by atoms with E-state index in [1.807, 2.05) is 133 Å². The fraction of sp³-hybridized carbons (Fsp3) is 0.176. The molecular weight excluding hydrogens is 753 g/mol. The highest BCUT2D eigenvalue weighted by Crippen LogP contribution is 2.22. The molecule has 0 bridgehead atoms. The van der Waals surface area contributed by atoms with Gasteiger partial charge in [0.1, 0.15) is 14.1 Å². The van der Waals surface area contributed by atoms with Crippen molar-refractivity contribution >= 4 is 89.9 Å². The van der Waals surface area contributed by atoms with Gasteiger partial charge in [-0.3, -0.25) is 18.0 Å². The molecule has 52 heavy (non-hydrogen) atoms. The highest BCUT2D eigenvalue weighted by atomic mass is 33.1. The topological polar surface area (TPSA) is 199 Å². The van der Waals surface area contributed by atoms with Crippen LogP contribution in [0.1, 0.15) is 22.5 Å². The predicted molar refractivity (Wildman–Crippen MR) is 202 cm³/mol. The maximum atomic E-state index is 12.3. The zero-order chi connectivity index (χ0) is 38.6. The first-order chi connectivity index (χ1) is 24.6. The first-order valence-electron chi connectivity index (χ1n) is 14.9. The number of carbonyl (C=O) groups is 2. The Balaban J connectivity index is 0.000000671. The number of aryl methyl sites for hydroxylation is 2. The number of benzene rings is 2. The molecule has 0 atom stereocenters. The zero-order valence-corrected chi connectivity index (χ0v) is 31.8. The number of aromatic nitrogens is 2. The number of carbonyl (C=O) groups excluding carboxylic acids is 2. The second-order valence-corrected chi connectivity index (χ2v) is 14.9. The fourth-order valence-corrected chi connectivity index (χ4v) is 5.39. The molecule has 278 valence electrons. The van der Waals surface area contributed by atoms with Gasteiger partial charge in [-0.15, -0.1) is 0 Å². The molecule has 0 aliphatic carbocycles. The van der Waals surface area contributed by atoms with Gasteiger partial charge in [0, 0.05) is 47.8 Å². The Morgan fingerprint density at radius 1 is 0.615 bits per heavy atom. The lowest BCUT2D eigenvalue weighted by Gasteiger charge is -2.06. The van der Waals surface area contributed by atoms with E-state index in [9.17, 15) is 35.5 Å². The molecule has 0 aliphatic heterocycles. The highest BCUT2D eigenvalue weighted by Gasteiger charge is 2.07. The summed E-state index contributed by atoms with van der Waals surface area (Å²) in [7, 11) is -0.483. The summed E-state index contributed by atoms with van der Waals surface area (Å²) < 4.78 is 66.1. The minimum absolute atomic E-state index is 0.106. The third-order valence-corrected chi connectivity index (χ3v) is 9.29. The van der Waals surface area contributed by atoms with E-state index in [2.05, 4.69) is 31.2 Å². The van der Waals surface area contributed by atoms with Crippen molar-refractivity contribution in [3.05, 3.63) is 120 Å². The van der Waals surface area contributed by atoms with Crippen LogP contribution in [0.5, 0.6) is 0 Å². The Hall–Kier alpha value is -4.40. The molecule has 2 aromatic heterocycles. The molecule has 0 spiro atoms. The molecule has 2 N–H and O–H groups in total. The van der Waals surface area contributed by atoms with Gasteiger partial charge < -0.3 is 19.7 Å². The number of anilines is 2. The molecule has 18 heteroatoms. The van der Waals surface area contributed by atoms with Gasteiger partial charge in [-0.25, -0.2) is 26.0 Å². The van der Waals surface area contributed by atoms with E-state index < -0.39 is 20.8 Å². The quantitative estimate of drug-likeness (QED) is 0.0654. The molecule has 0 radical (unpaired) electrons.